The van der Waals surface area contributed by atoms with Gasteiger partial charge in [0, 0.05) is 49.2 Å². The molecule has 2 heterocycles. The fourth-order valence-electron chi connectivity index (χ4n) is 3.12. The lowest BCUT2D eigenvalue weighted by Gasteiger charge is -2.36. The Labute approximate surface area is 150 Å². The van der Waals surface area contributed by atoms with Crippen molar-refractivity contribution in [2.75, 3.05) is 38.2 Å². The van der Waals surface area contributed by atoms with Gasteiger partial charge in [-0.15, -0.1) is 0 Å². The van der Waals surface area contributed by atoms with Crippen LogP contribution in [0.1, 0.15) is 11.3 Å². The zero-order valence-corrected chi connectivity index (χ0v) is 14.9. The molecule has 2 N–H and O–H groups in total. The van der Waals surface area contributed by atoms with Crippen molar-refractivity contribution in [3.8, 4) is 5.75 Å². The van der Waals surface area contributed by atoms with E-state index >= 15 is 0 Å². The van der Waals surface area contributed by atoms with Crippen LogP contribution in [0.5, 0.6) is 5.75 Å². The Morgan fingerprint density at radius 2 is 1.88 bits per heavy atom. The van der Waals surface area contributed by atoms with Gasteiger partial charge in [-0.3, -0.25) is 14.6 Å². The molecular weight excluding hydrogens is 336 g/mol. The summed E-state index contributed by atoms with van der Waals surface area (Å²) in [6, 6.07) is 7.83. The molecule has 2 aromatic rings. The van der Waals surface area contributed by atoms with Crippen LogP contribution in [0.3, 0.4) is 0 Å². The lowest BCUT2D eigenvalue weighted by molar-refractivity contribution is -0.130. The Balaban J connectivity index is 1.64. The summed E-state index contributed by atoms with van der Waals surface area (Å²) >= 11 is 0. The highest BCUT2D eigenvalue weighted by Crippen LogP contribution is 2.22. The van der Waals surface area contributed by atoms with Crippen molar-refractivity contribution < 1.29 is 9.53 Å². The average molecular weight is 358 g/mol. The molecule has 0 bridgehead atoms. The molecule has 8 heteroatoms. The second-order valence-corrected chi connectivity index (χ2v) is 6.26. The number of carbonyl (C=O) groups is 1. The average Bonchev–Trinajstić information content (AvgIpc) is 2.64. The largest absolute Gasteiger partial charge is 0.497 e. The summed E-state index contributed by atoms with van der Waals surface area (Å²) in [5.74, 6) is 0.685. The van der Waals surface area contributed by atoms with Crippen LogP contribution in [0.4, 0.5) is 5.69 Å². The Bertz CT molecular complexity index is 910. The van der Waals surface area contributed by atoms with Gasteiger partial charge in [0.25, 0.3) is 5.56 Å². The van der Waals surface area contributed by atoms with Gasteiger partial charge in [0.1, 0.15) is 5.75 Å². The number of aryl methyl sites for hydroxylation is 1. The monoisotopic (exact) mass is 358 g/mol. The molecule has 1 aliphatic rings. The molecule has 0 radical (unpaired) electrons. The smallest absolute Gasteiger partial charge is 0.325 e. The van der Waals surface area contributed by atoms with Crippen molar-refractivity contribution >= 4 is 11.6 Å². The van der Waals surface area contributed by atoms with E-state index in [4.69, 9.17) is 4.74 Å². The molecule has 0 aliphatic carbocycles. The molecule has 1 aromatic heterocycles. The van der Waals surface area contributed by atoms with Gasteiger partial charge in [-0.05, 0) is 19.1 Å². The second-order valence-electron chi connectivity index (χ2n) is 6.26. The van der Waals surface area contributed by atoms with Gasteiger partial charge in [0.05, 0.1) is 13.5 Å². The molecular formula is C18H22N4O4. The van der Waals surface area contributed by atoms with Crippen molar-refractivity contribution in [1.29, 1.82) is 0 Å². The molecule has 0 spiro atoms. The molecule has 0 unspecified atom stereocenters. The first-order valence-electron chi connectivity index (χ1n) is 8.47. The van der Waals surface area contributed by atoms with Crippen LogP contribution in [-0.4, -0.2) is 54.1 Å². The van der Waals surface area contributed by atoms with Crippen LogP contribution in [-0.2, 0) is 11.2 Å². The summed E-state index contributed by atoms with van der Waals surface area (Å²) in [5.41, 5.74) is 0.738. The summed E-state index contributed by atoms with van der Waals surface area (Å²) in [7, 11) is 1.64. The van der Waals surface area contributed by atoms with Crippen LogP contribution in [0, 0.1) is 6.92 Å². The van der Waals surface area contributed by atoms with E-state index in [0.717, 1.165) is 11.4 Å². The number of H-pyrrole nitrogens is 2. The van der Waals surface area contributed by atoms with Gasteiger partial charge in [-0.25, -0.2) is 4.79 Å². The highest BCUT2D eigenvalue weighted by atomic mass is 16.5. The second kappa shape index (κ2) is 7.47. The molecule has 1 aliphatic heterocycles. The Hall–Kier alpha value is -3.03. The number of hydrogen-bond acceptors (Lipinski definition) is 5. The third-order valence-corrected chi connectivity index (χ3v) is 4.63. The van der Waals surface area contributed by atoms with Gasteiger partial charge in [-0.1, -0.05) is 6.07 Å². The predicted octanol–water partition coefficient (Wildman–Crippen LogP) is 0.272. The molecule has 3 rings (SSSR count). The van der Waals surface area contributed by atoms with E-state index in [1.807, 2.05) is 24.3 Å². The number of nitrogens with zero attached hydrogens (tertiary/aromatic N) is 2. The maximum Gasteiger partial charge on any atom is 0.325 e. The number of amides is 1. The van der Waals surface area contributed by atoms with Gasteiger partial charge < -0.3 is 19.5 Å². The number of methoxy groups -OCH3 is 1. The number of ether oxygens (including phenoxy) is 1. The number of rotatable bonds is 4. The summed E-state index contributed by atoms with van der Waals surface area (Å²) in [6.07, 6.45) is -0.0168. The number of benzene rings is 1. The zero-order valence-electron chi connectivity index (χ0n) is 14.9. The van der Waals surface area contributed by atoms with Crippen molar-refractivity contribution in [2.24, 2.45) is 0 Å². The number of nitrogens with one attached hydrogen (secondary N) is 2. The lowest BCUT2D eigenvalue weighted by atomic mass is 10.1. The lowest BCUT2D eigenvalue weighted by Crippen LogP contribution is -2.49. The number of anilines is 1. The van der Waals surface area contributed by atoms with Crippen molar-refractivity contribution in [2.45, 2.75) is 13.3 Å². The van der Waals surface area contributed by atoms with E-state index in [2.05, 4.69) is 14.9 Å². The van der Waals surface area contributed by atoms with E-state index in [9.17, 15) is 14.4 Å². The minimum Gasteiger partial charge on any atom is -0.497 e. The Morgan fingerprint density at radius 1 is 1.15 bits per heavy atom. The quantitative estimate of drug-likeness (QED) is 0.818. The molecule has 138 valence electrons. The number of piperazine rings is 1. The predicted molar refractivity (Wildman–Crippen MR) is 97.9 cm³/mol. The first-order chi connectivity index (χ1) is 12.5. The normalized spacial score (nSPS) is 14.4. The molecule has 1 aromatic carbocycles. The standard InChI is InChI=1S/C18H22N4O4/c1-12-15(17(24)20-18(25)19-12)11-16(23)22-8-6-21(7-9-22)13-4-3-5-14(10-13)26-2/h3-5,10H,6-9,11H2,1-2H3,(H2,19,20,24,25). The van der Waals surface area contributed by atoms with E-state index in [1.54, 1.807) is 18.9 Å². The Morgan fingerprint density at radius 3 is 2.54 bits per heavy atom. The Kier molecular flexibility index (Phi) is 5.11. The number of aromatic nitrogens is 2. The van der Waals surface area contributed by atoms with Crippen LogP contribution in [0.25, 0.3) is 0 Å². The number of carbonyl (C=O) groups excluding carboxylic acids is 1. The van der Waals surface area contributed by atoms with E-state index in [1.165, 1.54) is 0 Å². The van der Waals surface area contributed by atoms with E-state index in [-0.39, 0.29) is 12.3 Å². The highest BCUT2D eigenvalue weighted by molar-refractivity contribution is 5.79. The molecule has 1 fully saturated rings. The first-order valence-corrected chi connectivity index (χ1v) is 8.47. The fraction of sp³-hybridized carbons (Fsp3) is 0.389. The summed E-state index contributed by atoms with van der Waals surface area (Å²) < 4.78 is 5.25. The third kappa shape index (κ3) is 3.79. The summed E-state index contributed by atoms with van der Waals surface area (Å²) in [5, 5.41) is 0. The maximum atomic E-state index is 12.5. The zero-order chi connectivity index (χ0) is 18.7. The van der Waals surface area contributed by atoms with E-state index < -0.39 is 11.2 Å². The van der Waals surface area contributed by atoms with Crippen LogP contribution in [0.15, 0.2) is 33.9 Å². The fourth-order valence-corrected chi connectivity index (χ4v) is 3.12. The minimum atomic E-state index is -0.560. The minimum absolute atomic E-state index is 0.0168. The first kappa shape index (κ1) is 17.8. The van der Waals surface area contributed by atoms with Gasteiger partial charge in [-0.2, -0.15) is 0 Å². The summed E-state index contributed by atoms with van der Waals surface area (Å²) in [4.78, 5) is 44.3. The summed E-state index contributed by atoms with van der Waals surface area (Å²) in [6.45, 7) is 4.20. The van der Waals surface area contributed by atoms with Crippen LogP contribution in [0.2, 0.25) is 0 Å². The molecule has 8 nitrogen and oxygen atoms in total. The molecule has 0 atom stereocenters. The SMILES string of the molecule is COc1cccc(N2CCN(C(=O)Cc3c(C)[nH]c(=O)[nH]c3=O)CC2)c1. The number of aromatic amines is 2. The maximum absolute atomic E-state index is 12.5. The van der Waals surface area contributed by atoms with Crippen molar-refractivity contribution in [3.05, 3.63) is 56.4 Å². The third-order valence-electron chi connectivity index (χ3n) is 4.63. The van der Waals surface area contributed by atoms with Crippen LogP contribution >= 0.6 is 0 Å². The van der Waals surface area contributed by atoms with Gasteiger partial charge in [0.15, 0.2) is 0 Å². The number of hydrogen-bond donors (Lipinski definition) is 2. The molecule has 26 heavy (non-hydrogen) atoms. The molecule has 0 saturated carbocycles. The van der Waals surface area contributed by atoms with Gasteiger partial charge in [0.2, 0.25) is 5.91 Å². The van der Waals surface area contributed by atoms with Crippen molar-refractivity contribution in [1.82, 2.24) is 14.9 Å². The highest BCUT2D eigenvalue weighted by Gasteiger charge is 2.23. The molecule has 1 amide bonds. The topological polar surface area (TPSA) is 98.5 Å². The van der Waals surface area contributed by atoms with E-state index in [0.29, 0.717) is 37.4 Å². The van der Waals surface area contributed by atoms with Gasteiger partial charge >= 0.3 is 5.69 Å². The van der Waals surface area contributed by atoms with Crippen LogP contribution < -0.4 is 20.9 Å². The molecule has 1 saturated heterocycles. The van der Waals surface area contributed by atoms with Crippen molar-refractivity contribution in [3.63, 3.8) is 0 Å².